The second-order valence-electron chi connectivity index (χ2n) is 6.81. The molecule has 0 aliphatic heterocycles. The number of methoxy groups -OCH3 is 3. The first kappa shape index (κ1) is 23.0. The van der Waals surface area contributed by atoms with Crippen LogP contribution in [0.1, 0.15) is 15.9 Å². The summed E-state index contributed by atoms with van der Waals surface area (Å²) in [5.74, 6) is 1.57. The van der Waals surface area contributed by atoms with Gasteiger partial charge in [0.25, 0.3) is 5.91 Å². The van der Waals surface area contributed by atoms with Crippen molar-refractivity contribution < 1.29 is 28.5 Å². The summed E-state index contributed by atoms with van der Waals surface area (Å²) in [6, 6.07) is 20.2. The number of amides is 1. The summed E-state index contributed by atoms with van der Waals surface area (Å²) in [7, 11) is 4.65. The summed E-state index contributed by atoms with van der Waals surface area (Å²) >= 11 is 0. The van der Waals surface area contributed by atoms with Gasteiger partial charge in [-0.1, -0.05) is 36.4 Å². The van der Waals surface area contributed by atoms with E-state index in [4.69, 9.17) is 23.7 Å². The van der Waals surface area contributed by atoms with Gasteiger partial charge in [-0.2, -0.15) is 0 Å². The normalized spacial score (nSPS) is 10.3. The second kappa shape index (κ2) is 11.6. The van der Waals surface area contributed by atoms with Crippen molar-refractivity contribution in [2.75, 3.05) is 39.9 Å². The van der Waals surface area contributed by atoms with Crippen LogP contribution in [-0.4, -0.2) is 40.5 Å². The number of anilines is 1. The molecule has 1 amide bonds. The van der Waals surface area contributed by atoms with E-state index >= 15 is 0 Å². The highest BCUT2D eigenvalue weighted by Gasteiger charge is 2.18. The molecule has 7 nitrogen and oxygen atoms in total. The fourth-order valence-electron chi connectivity index (χ4n) is 2.99. The zero-order chi connectivity index (χ0) is 22.8. The molecule has 3 rings (SSSR count). The van der Waals surface area contributed by atoms with Crippen LogP contribution in [0.3, 0.4) is 0 Å². The summed E-state index contributed by atoms with van der Waals surface area (Å²) in [4.78, 5) is 12.9. The van der Waals surface area contributed by atoms with E-state index in [9.17, 15) is 4.79 Å². The molecule has 0 saturated heterocycles. The van der Waals surface area contributed by atoms with Crippen LogP contribution < -0.4 is 24.3 Å². The summed E-state index contributed by atoms with van der Waals surface area (Å²) in [6.45, 7) is 1.25. The standard InChI is InChI=1S/C25H27NO6/c1-28-12-13-31-21-11-7-10-20(16-21)26-25(27)19-14-22(29-2)24(23(15-19)30-3)32-17-18-8-5-4-6-9-18/h4-11,14-16H,12-13,17H2,1-3H3,(H,26,27). The van der Waals surface area contributed by atoms with Gasteiger partial charge in [0.2, 0.25) is 5.75 Å². The Kier molecular flexibility index (Phi) is 8.34. The zero-order valence-corrected chi connectivity index (χ0v) is 18.4. The van der Waals surface area contributed by atoms with Crippen LogP contribution in [0.5, 0.6) is 23.0 Å². The SMILES string of the molecule is COCCOc1cccc(NC(=O)c2cc(OC)c(OCc3ccccc3)c(OC)c2)c1. The van der Waals surface area contributed by atoms with E-state index in [1.165, 1.54) is 14.2 Å². The minimum Gasteiger partial charge on any atom is -0.493 e. The molecule has 32 heavy (non-hydrogen) atoms. The molecule has 168 valence electrons. The topological polar surface area (TPSA) is 75.3 Å². The quantitative estimate of drug-likeness (QED) is 0.443. The van der Waals surface area contributed by atoms with E-state index in [0.717, 1.165) is 5.56 Å². The Labute approximate surface area is 187 Å². The Morgan fingerprint density at radius 3 is 2.19 bits per heavy atom. The lowest BCUT2D eigenvalue weighted by Gasteiger charge is -2.16. The number of carbonyl (C=O) groups excluding carboxylic acids is 1. The largest absolute Gasteiger partial charge is 0.493 e. The van der Waals surface area contributed by atoms with Gasteiger partial charge in [-0.25, -0.2) is 0 Å². The van der Waals surface area contributed by atoms with Crippen LogP contribution in [0.15, 0.2) is 66.7 Å². The lowest BCUT2D eigenvalue weighted by atomic mass is 10.1. The number of carbonyl (C=O) groups is 1. The first-order valence-electron chi connectivity index (χ1n) is 10.1. The van der Waals surface area contributed by atoms with Gasteiger partial charge in [0.15, 0.2) is 11.5 Å². The van der Waals surface area contributed by atoms with Gasteiger partial charge >= 0.3 is 0 Å². The first-order valence-corrected chi connectivity index (χ1v) is 10.1. The minimum atomic E-state index is -0.315. The number of hydrogen-bond acceptors (Lipinski definition) is 6. The third-order valence-corrected chi connectivity index (χ3v) is 4.60. The molecule has 0 aliphatic rings. The van der Waals surface area contributed by atoms with Crippen LogP contribution in [0.25, 0.3) is 0 Å². The molecule has 0 aromatic heterocycles. The van der Waals surface area contributed by atoms with Gasteiger partial charge in [-0.3, -0.25) is 4.79 Å². The highest BCUT2D eigenvalue weighted by Crippen LogP contribution is 2.39. The van der Waals surface area contributed by atoms with Crippen LogP contribution in [-0.2, 0) is 11.3 Å². The van der Waals surface area contributed by atoms with Crippen molar-refractivity contribution in [3.8, 4) is 23.0 Å². The van der Waals surface area contributed by atoms with Crippen molar-refractivity contribution >= 4 is 11.6 Å². The fraction of sp³-hybridized carbons (Fsp3) is 0.240. The number of benzene rings is 3. The lowest BCUT2D eigenvalue weighted by Crippen LogP contribution is -2.13. The van der Waals surface area contributed by atoms with E-state index in [1.807, 2.05) is 36.4 Å². The van der Waals surface area contributed by atoms with Gasteiger partial charge in [-0.15, -0.1) is 0 Å². The summed E-state index contributed by atoms with van der Waals surface area (Å²) in [5.41, 5.74) is 1.98. The average molecular weight is 437 g/mol. The molecule has 3 aromatic rings. The monoisotopic (exact) mass is 437 g/mol. The smallest absolute Gasteiger partial charge is 0.255 e. The van der Waals surface area contributed by atoms with Crippen molar-refractivity contribution in [2.45, 2.75) is 6.61 Å². The molecule has 0 bridgehead atoms. The Morgan fingerprint density at radius 1 is 0.812 bits per heavy atom. The Morgan fingerprint density at radius 2 is 1.53 bits per heavy atom. The molecule has 0 fully saturated rings. The Hall–Kier alpha value is -3.71. The fourth-order valence-corrected chi connectivity index (χ4v) is 2.99. The van der Waals surface area contributed by atoms with Crippen LogP contribution in [0, 0.1) is 0 Å². The predicted molar refractivity (Wildman–Crippen MR) is 122 cm³/mol. The first-order chi connectivity index (χ1) is 15.6. The van der Waals surface area contributed by atoms with E-state index in [0.29, 0.717) is 54.1 Å². The molecule has 3 aromatic carbocycles. The van der Waals surface area contributed by atoms with Crippen molar-refractivity contribution in [3.63, 3.8) is 0 Å². The van der Waals surface area contributed by atoms with Gasteiger partial charge in [0.1, 0.15) is 19.0 Å². The zero-order valence-electron chi connectivity index (χ0n) is 18.4. The third-order valence-electron chi connectivity index (χ3n) is 4.60. The molecular formula is C25H27NO6. The molecule has 0 atom stereocenters. The van der Waals surface area contributed by atoms with Crippen molar-refractivity contribution in [1.29, 1.82) is 0 Å². The number of hydrogen-bond donors (Lipinski definition) is 1. The Bertz CT molecular complexity index is 997. The number of nitrogens with one attached hydrogen (secondary N) is 1. The molecule has 0 radical (unpaired) electrons. The molecule has 0 spiro atoms. The van der Waals surface area contributed by atoms with E-state index < -0.39 is 0 Å². The molecule has 0 saturated carbocycles. The van der Waals surface area contributed by atoms with Crippen molar-refractivity contribution in [2.24, 2.45) is 0 Å². The maximum atomic E-state index is 12.9. The van der Waals surface area contributed by atoms with Gasteiger partial charge < -0.3 is 29.0 Å². The second-order valence-corrected chi connectivity index (χ2v) is 6.81. The molecule has 7 heteroatoms. The van der Waals surface area contributed by atoms with Crippen LogP contribution in [0.2, 0.25) is 0 Å². The van der Waals surface area contributed by atoms with Crippen molar-refractivity contribution in [1.82, 2.24) is 0 Å². The van der Waals surface area contributed by atoms with Crippen LogP contribution >= 0.6 is 0 Å². The van der Waals surface area contributed by atoms with Gasteiger partial charge in [0, 0.05) is 24.4 Å². The van der Waals surface area contributed by atoms with Gasteiger partial charge in [0.05, 0.1) is 20.8 Å². The highest BCUT2D eigenvalue weighted by atomic mass is 16.5. The average Bonchev–Trinajstić information content (AvgIpc) is 2.83. The summed E-state index contributed by atoms with van der Waals surface area (Å²) in [6.07, 6.45) is 0. The molecule has 0 aliphatic carbocycles. The predicted octanol–water partition coefficient (Wildman–Crippen LogP) is 4.56. The molecule has 0 heterocycles. The molecular weight excluding hydrogens is 410 g/mol. The maximum Gasteiger partial charge on any atom is 0.255 e. The summed E-state index contributed by atoms with van der Waals surface area (Å²) in [5, 5.41) is 2.87. The third kappa shape index (κ3) is 6.15. The van der Waals surface area contributed by atoms with E-state index in [2.05, 4.69) is 5.32 Å². The van der Waals surface area contributed by atoms with Crippen LogP contribution in [0.4, 0.5) is 5.69 Å². The lowest BCUT2D eigenvalue weighted by molar-refractivity contribution is 0.102. The summed E-state index contributed by atoms with van der Waals surface area (Å²) < 4.78 is 27.5. The maximum absolute atomic E-state index is 12.9. The van der Waals surface area contributed by atoms with Crippen molar-refractivity contribution in [3.05, 3.63) is 77.9 Å². The van der Waals surface area contributed by atoms with E-state index in [1.54, 1.807) is 37.4 Å². The minimum absolute atomic E-state index is 0.315. The number of rotatable bonds is 11. The Balaban J connectivity index is 1.76. The van der Waals surface area contributed by atoms with Gasteiger partial charge in [-0.05, 0) is 29.8 Å². The molecule has 0 unspecified atom stereocenters. The number of ether oxygens (including phenoxy) is 5. The van der Waals surface area contributed by atoms with E-state index in [-0.39, 0.29) is 5.91 Å². The highest BCUT2D eigenvalue weighted by molar-refractivity contribution is 6.05. The molecule has 1 N–H and O–H groups in total.